The molecule has 5 heteroatoms. The minimum Gasteiger partial charge on any atom is -0.497 e. The Morgan fingerprint density at radius 2 is 2.12 bits per heavy atom. The number of carboxylic acids is 1. The van der Waals surface area contributed by atoms with Crippen molar-refractivity contribution in [3.63, 3.8) is 0 Å². The number of aromatic amines is 1. The molecule has 0 spiro atoms. The van der Waals surface area contributed by atoms with Gasteiger partial charge in [0.1, 0.15) is 5.75 Å². The van der Waals surface area contributed by atoms with Gasteiger partial charge < -0.3 is 14.8 Å². The van der Waals surface area contributed by atoms with Crippen LogP contribution < -0.4 is 4.74 Å². The minimum atomic E-state index is -0.765. The number of H-pyrrole nitrogens is 1. The normalized spacial score (nSPS) is 17.4. The van der Waals surface area contributed by atoms with Gasteiger partial charge in [-0.25, -0.2) is 0 Å². The molecule has 4 rings (SSSR count). The topological polar surface area (TPSA) is 65.6 Å². The molecule has 0 saturated heterocycles. The lowest BCUT2D eigenvalue weighted by atomic mass is 9.90. The van der Waals surface area contributed by atoms with Gasteiger partial charge in [-0.05, 0) is 35.4 Å². The van der Waals surface area contributed by atoms with Crippen molar-refractivity contribution >= 4 is 16.9 Å². The smallest absolute Gasteiger partial charge is 0.312 e. The number of hydrogen-bond donors (Lipinski definition) is 2. The largest absolute Gasteiger partial charge is 0.497 e. The Bertz CT molecular complexity index is 932. The van der Waals surface area contributed by atoms with Crippen molar-refractivity contribution in [2.45, 2.75) is 19.0 Å². The standard InChI is InChI=1S/C20H20N2O3/c1-25-16-6-7-19-14(9-16)8-15(21-19)11-22-10-13-4-2-3-5-17(13)18(12-22)20(23)24/h2-9,18,21H,10-12H2,1H3,(H,23,24). The summed E-state index contributed by atoms with van der Waals surface area (Å²) in [6, 6.07) is 15.9. The van der Waals surface area contributed by atoms with E-state index in [1.807, 2.05) is 42.5 Å². The summed E-state index contributed by atoms with van der Waals surface area (Å²) in [5, 5.41) is 10.7. The van der Waals surface area contributed by atoms with E-state index in [4.69, 9.17) is 4.74 Å². The Labute approximate surface area is 145 Å². The highest BCUT2D eigenvalue weighted by Gasteiger charge is 2.30. The van der Waals surface area contributed by atoms with Crippen LogP contribution in [0.1, 0.15) is 22.7 Å². The van der Waals surface area contributed by atoms with Crippen molar-refractivity contribution < 1.29 is 14.6 Å². The first-order chi connectivity index (χ1) is 12.1. The van der Waals surface area contributed by atoms with Crippen LogP contribution in [0.3, 0.4) is 0 Å². The second-order valence-electron chi connectivity index (χ2n) is 6.51. The first-order valence-electron chi connectivity index (χ1n) is 8.32. The lowest BCUT2D eigenvalue weighted by Crippen LogP contribution is -2.36. The van der Waals surface area contributed by atoms with E-state index >= 15 is 0 Å². The number of aliphatic carboxylic acids is 1. The Morgan fingerprint density at radius 1 is 1.28 bits per heavy atom. The third kappa shape index (κ3) is 2.98. The molecule has 0 radical (unpaired) electrons. The number of rotatable bonds is 4. The average Bonchev–Trinajstić information content (AvgIpc) is 3.02. The molecule has 5 nitrogen and oxygen atoms in total. The first-order valence-corrected chi connectivity index (χ1v) is 8.32. The number of methoxy groups -OCH3 is 1. The molecule has 1 unspecified atom stereocenters. The molecule has 2 N–H and O–H groups in total. The summed E-state index contributed by atoms with van der Waals surface area (Å²) in [6.07, 6.45) is 0. The van der Waals surface area contributed by atoms with Crippen LogP contribution in [0.4, 0.5) is 0 Å². The molecule has 1 aliphatic rings. The van der Waals surface area contributed by atoms with Gasteiger partial charge in [0.25, 0.3) is 0 Å². The number of ether oxygens (including phenoxy) is 1. The molecule has 25 heavy (non-hydrogen) atoms. The van der Waals surface area contributed by atoms with Crippen molar-refractivity contribution in [2.75, 3.05) is 13.7 Å². The Hall–Kier alpha value is -2.79. The predicted octanol–water partition coefficient (Wildman–Crippen LogP) is 3.36. The highest BCUT2D eigenvalue weighted by Crippen LogP contribution is 2.30. The van der Waals surface area contributed by atoms with Gasteiger partial charge in [0.05, 0.1) is 13.0 Å². The molecule has 0 saturated carbocycles. The van der Waals surface area contributed by atoms with E-state index in [1.165, 1.54) is 0 Å². The van der Waals surface area contributed by atoms with E-state index in [0.717, 1.165) is 40.0 Å². The average molecular weight is 336 g/mol. The third-order valence-electron chi connectivity index (χ3n) is 4.84. The van der Waals surface area contributed by atoms with Gasteiger partial charge in [0, 0.05) is 36.2 Å². The number of carbonyl (C=O) groups is 1. The molecule has 1 aromatic heterocycles. The van der Waals surface area contributed by atoms with Crippen LogP contribution in [0.5, 0.6) is 5.75 Å². The van der Waals surface area contributed by atoms with E-state index in [-0.39, 0.29) is 0 Å². The van der Waals surface area contributed by atoms with Crippen LogP contribution in [0.15, 0.2) is 48.5 Å². The van der Waals surface area contributed by atoms with Crippen LogP contribution in [0.2, 0.25) is 0 Å². The number of nitrogens with zero attached hydrogens (tertiary/aromatic N) is 1. The molecule has 1 aliphatic heterocycles. The summed E-state index contributed by atoms with van der Waals surface area (Å²) in [7, 11) is 1.66. The Kier molecular flexibility index (Phi) is 3.93. The number of benzene rings is 2. The molecule has 0 amide bonds. The molecule has 0 fully saturated rings. The molecule has 0 bridgehead atoms. The summed E-state index contributed by atoms with van der Waals surface area (Å²) in [4.78, 5) is 17.3. The number of hydrogen-bond acceptors (Lipinski definition) is 3. The van der Waals surface area contributed by atoms with Crippen molar-refractivity contribution in [3.8, 4) is 5.75 Å². The summed E-state index contributed by atoms with van der Waals surface area (Å²) >= 11 is 0. The van der Waals surface area contributed by atoms with E-state index in [2.05, 4.69) is 16.0 Å². The van der Waals surface area contributed by atoms with Gasteiger partial charge in [-0.3, -0.25) is 9.69 Å². The van der Waals surface area contributed by atoms with Gasteiger partial charge in [0.15, 0.2) is 0 Å². The number of aromatic nitrogens is 1. The van der Waals surface area contributed by atoms with Gasteiger partial charge in [-0.15, -0.1) is 0 Å². The number of fused-ring (bicyclic) bond motifs is 2. The third-order valence-corrected chi connectivity index (χ3v) is 4.84. The maximum atomic E-state index is 11.7. The maximum Gasteiger partial charge on any atom is 0.312 e. The quantitative estimate of drug-likeness (QED) is 0.767. The van der Waals surface area contributed by atoms with Crippen molar-refractivity contribution in [3.05, 3.63) is 65.4 Å². The van der Waals surface area contributed by atoms with Crippen molar-refractivity contribution in [2.24, 2.45) is 0 Å². The predicted molar refractivity (Wildman–Crippen MR) is 95.8 cm³/mol. The van der Waals surface area contributed by atoms with Gasteiger partial charge >= 0.3 is 5.97 Å². The van der Waals surface area contributed by atoms with Crippen LogP contribution in [0.25, 0.3) is 10.9 Å². The highest BCUT2D eigenvalue weighted by atomic mass is 16.5. The summed E-state index contributed by atoms with van der Waals surface area (Å²) < 4.78 is 5.27. The number of nitrogens with one attached hydrogen (secondary N) is 1. The molecule has 2 heterocycles. The Balaban J connectivity index is 1.60. The van der Waals surface area contributed by atoms with Crippen molar-refractivity contribution in [1.29, 1.82) is 0 Å². The van der Waals surface area contributed by atoms with Gasteiger partial charge in [-0.2, -0.15) is 0 Å². The summed E-state index contributed by atoms with van der Waals surface area (Å²) in [5.41, 5.74) is 4.17. The molecular formula is C20H20N2O3. The summed E-state index contributed by atoms with van der Waals surface area (Å²) in [5.74, 6) is -0.413. The van der Waals surface area contributed by atoms with E-state index in [9.17, 15) is 9.90 Å². The van der Waals surface area contributed by atoms with E-state index in [0.29, 0.717) is 13.1 Å². The highest BCUT2D eigenvalue weighted by molar-refractivity contribution is 5.82. The number of carboxylic acid groups (broad SMARTS) is 1. The molecule has 0 aliphatic carbocycles. The van der Waals surface area contributed by atoms with Gasteiger partial charge in [0.2, 0.25) is 0 Å². The second-order valence-corrected chi connectivity index (χ2v) is 6.51. The second kappa shape index (κ2) is 6.26. The van der Waals surface area contributed by atoms with Crippen LogP contribution in [-0.2, 0) is 17.9 Å². The van der Waals surface area contributed by atoms with Gasteiger partial charge in [-0.1, -0.05) is 24.3 Å². The first kappa shape index (κ1) is 15.7. The zero-order valence-electron chi connectivity index (χ0n) is 14.0. The van der Waals surface area contributed by atoms with Crippen LogP contribution >= 0.6 is 0 Å². The summed E-state index contributed by atoms with van der Waals surface area (Å²) in [6.45, 7) is 1.97. The SMILES string of the molecule is COc1ccc2[nH]c(CN3Cc4ccccc4C(C(=O)O)C3)cc2c1. The minimum absolute atomic E-state index is 0.477. The fraction of sp³-hybridized carbons (Fsp3) is 0.250. The fourth-order valence-corrected chi connectivity index (χ4v) is 3.64. The monoisotopic (exact) mass is 336 g/mol. The molecule has 1 atom stereocenters. The molecular weight excluding hydrogens is 316 g/mol. The van der Waals surface area contributed by atoms with Crippen LogP contribution in [-0.4, -0.2) is 34.6 Å². The molecule has 2 aromatic carbocycles. The van der Waals surface area contributed by atoms with E-state index < -0.39 is 11.9 Å². The maximum absolute atomic E-state index is 11.7. The zero-order chi connectivity index (χ0) is 17.4. The lowest BCUT2D eigenvalue weighted by molar-refractivity contribution is -0.139. The lowest BCUT2D eigenvalue weighted by Gasteiger charge is -2.32. The molecule has 128 valence electrons. The zero-order valence-corrected chi connectivity index (χ0v) is 14.0. The Morgan fingerprint density at radius 3 is 2.92 bits per heavy atom. The van der Waals surface area contributed by atoms with E-state index in [1.54, 1.807) is 7.11 Å². The van der Waals surface area contributed by atoms with Crippen molar-refractivity contribution in [1.82, 2.24) is 9.88 Å². The fourth-order valence-electron chi connectivity index (χ4n) is 3.64. The van der Waals surface area contributed by atoms with Crippen LogP contribution in [0, 0.1) is 0 Å². The molecule has 3 aromatic rings.